The predicted octanol–water partition coefficient (Wildman–Crippen LogP) is 2.68. The number of imidazole rings is 1. The van der Waals surface area contributed by atoms with E-state index in [1.165, 1.54) is 0 Å². The second kappa shape index (κ2) is 5.90. The molecular formula is C19H15N3O3. The smallest absolute Gasteiger partial charge is 0.349 e. The molecule has 0 aliphatic heterocycles. The standard InChI is InChI=1S/C19H15N3O3/c1-12-5-4-8-17-21-14(11-22(12)17)10-20-18(23)15-9-13-6-2-3-7-16(13)25-19(15)24/h2-9,11H,10H2,1H3,(H,20,23). The third-order valence-electron chi connectivity index (χ3n) is 4.06. The number of carbonyl (C=O) groups excluding carboxylic acids is 1. The molecule has 4 aromatic rings. The number of aromatic nitrogens is 2. The van der Waals surface area contributed by atoms with Crippen molar-refractivity contribution in [1.82, 2.24) is 14.7 Å². The molecule has 1 aromatic carbocycles. The number of carbonyl (C=O) groups is 1. The molecule has 0 aliphatic rings. The van der Waals surface area contributed by atoms with Gasteiger partial charge in [0.1, 0.15) is 16.8 Å². The number of nitrogens with one attached hydrogen (secondary N) is 1. The van der Waals surface area contributed by atoms with Crippen LogP contribution in [0, 0.1) is 6.92 Å². The van der Waals surface area contributed by atoms with Crippen molar-refractivity contribution in [3.63, 3.8) is 0 Å². The van der Waals surface area contributed by atoms with Crippen LogP contribution in [0.25, 0.3) is 16.6 Å². The molecule has 6 heteroatoms. The summed E-state index contributed by atoms with van der Waals surface area (Å²) in [5, 5.41) is 3.43. The van der Waals surface area contributed by atoms with Crippen molar-refractivity contribution >= 4 is 22.5 Å². The first-order valence-electron chi connectivity index (χ1n) is 7.86. The Bertz CT molecular complexity index is 1160. The summed E-state index contributed by atoms with van der Waals surface area (Å²) >= 11 is 0. The summed E-state index contributed by atoms with van der Waals surface area (Å²) in [7, 11) is 0. The van der Waals surface area contributed by atoms with Crippen LogP contribution in [-0.4, -0.2) is 15.3 Å². The Morgan fingerprint density at radius 1 is 1.20 bits per heavy atom. The van der Waals surface area contributed by atoms with Crippen molar-refractivity contribution in [3.8, 4) is 0 Å². The van der Waals surface area contributed by atoms with Crippen LogP contribution in [0.1, 0.15) is 21.7 Å². The van der Waals surface area contributed by atoms with Crippen LogP contribution >= 0.6 is 0 Å². The van der Waals surface area contributed by atoms with Gasteiger partial charge in [-0.25, -0.2) is 9.78 Å². The Balaban J connectivity index is 1.58. The normalized spacial score (nSPS) is 11.1. The number of hydrogen-bond donors (Lipinski definition) is 1. The highest BCUT2D eigenvalue weighted by Gasteiger charge is 2.14. The van der Waals surface area contributed by atoms with E-state index in [0.29, 0.717) is 16.7 Å². The van der Waals surface area contributed by atoms with E-state index >= 15 is 0 Å². The van der Waals surface area contributed by atoms with E-state index in [4.69, 9.17) is 4.42 Å². The van der Waals surface area contributed by atoms with E-state index in [2.05, 4.69) is 10.3 Å². The molecule has 0 atom stereocenters. The number of aryl methyl sites for hydroxylation is 1. The van der Waals surface area contributed by atoms with Crippen LogP contribution in [0.4, 0.5) is 0 Å². The van der Waals surface area contributed by atoms with Crippen molar-refractivity contribution in [2.45, 2.75) is 13.5 Å². The largest absolute Gasteiger partial charge is 0.422 e. The second-order valence-electron chi connectivity index (χ2n) is 5.80. The van der Waals surface area contributed by atoms with Gasteiger partial charge in [-0.2, -0.15) is 0 Å². The maximum absolute atomic E-state index is 12.4. The van der Waals surface area contributed by atoms with Crippen molar-refractivity contribution in [2.75, 3.05) is 0 Å². The van der Waals surface area contributed by atoms with Gasteiger partial charge in [0.05, 0.1) is 12.2 Å². The van der Waals surface area contributed by atoms with Crippen molar-refractivity contribution in [2.24, 2.45) is 0 Å². The Hall–Kier alpha value is -3.41. The lowest BCUT2D eigenvalue weighted by atomic mass is 10.2. The van der Waals surface area contributed by atoms with Gasteiger partial charge < -0.3 is 14.1 Å². The van der Waals surface area contributed by atoms with Gasteiger partial charge in [-0.15, -0.1) is 0 Å². The molecule has 0 bridgehead atoms. The van der Waals surface area contributed by atoms with Crippen LogP contribution in [0.15, 0.2) is 63.9 Å². The zero-order valence-corrected chi connectivity index (χ0v) is 13.5. The van der Waals surface area contributed by atoms with Crippen LogP contribution in [0.3, 0.4) is 0 Å². The van der Waals surface area contributed by atoms with Gasteiger partial charge in [-0.3, -0.25) is 4.79 Å². The zero-order chi connectivity index (χ0) is 17.4. The number of para-hydroxylation sites is 1. The third-order valence-corrected chi connectivity index (χ3v) is 4.06. The molecule has 0 spiro atoms. The Morgan fingerprint density at radius 2 is 2.04 bits per heavy atom. The summed E-state index contributed by atoms with van der Waals surface area (Å²) in [6.07, 6.45) is 1.87. The summed E-state index contributed by atoms with van der Waals surface area (Å²) < 4.78 is 7.14. The SMILES string of the molecule is Cc1cccc2nc(CNC(=O)c3cc4ccccc4oc3=O)cn12. The van der Waals surface area contributed by atoms with Gasteiger partial charge in [0, 0.05) is 17.3 Å². The van der Waals surface area contributed by atoms with E-state index in [0.717, 1.165) is 11.3 Å². The molecule has 124 valence electrons. The molecule has 0 unspecified atom stereocenters. The highest BCUT2D eigenvalue weighted by atomic mass is 16.4. The second-order valence-corrected chi connectivity index (χ2v) is 5.80. The maximum Gasteiger partial charge on any atom is 0.349 e. The fourth-order valence-electron chi connectivity index (χ4n) is 2.77. The topological polar surface area (TPSA) is 76.6 Å². The van der Waals surface area contributed by atoms with E-state index in [9.17, 15) is 9.59 Å². The number of fused-ring (bicyclic) bond motifs is 2. The average Bonchev–Trinajstić information content (AvgIpc) is 3.03. The number of rotatable bonds is 3. The molecule has 0 radical (unpaired) electrons. The van der Waals surface area contributed by atoms with E-state index in [1.807, 2.05) is 41.8 Å². The number of amides is 1. The predicted molar refractivity (Wildman–Crippen MR) is 93.6 cm³/mol. The fraction of sp³-hybridized carbons (Fsp3) is 0.105. The molecule has 0 fully saturated rings. The Morgan fingerprint density at radius 3 is 2.88 bits per heavy atom. The number of benzene rings is 1. The lowest BCUT2D eigenvalue weighted by molar-refractivity contribution is 0.0947. The Kier molecular flexibility index (Phi) is 3.57. The molecular weight excluding hydrogens is 318 g/mol. The van der Waals surface area contributed by atoms with Gasteiger partial charge in [-0.05, 0) is 31.2 Å². The molecule has 25 heavy (non-hydrogen) atoms. The number of hydrogen-bond acceptors (Lipinski definition) is 4. The summed E-state index contributed by atoms with van der Waals surface area (Å²) in [5.41, 5.74) is 2.38. The van der Waals surface area contributed by atoms with Gasteiger partial charge in [0.15, 0.2) is 0 Å². The van der Waals surface area contributed by atoms with Crippen molar-refractivity contribution in [1.29, 1.82) is 0 Å². The average molecular weight is 333 g/mol. The van der Waals surface area contributed by atoms with Crippen molar-refractivity contribution < 1.29 is 9.21 Å². The molecule has 3 aromatic heterocycles. The highest BCUT2D eigenvalue weighted by Crippen LogP contribution is 2.13. The van der Waals surface area contributed by atoms with Gasteiger partial charge in [0.2, 0.25) is 0 Å². The highest BCUT2D eigenvalue weighted by molar-refractivity contribution is 5.96. The molecule has 6 nitrogen and oxygen atoms in total. The summed E-state index contributed by atoms with van der Waals surface area (Å²) in [5.74, 6) is -0.478. The van der Waals surface area contributed by atoms with E-state index in [-0.39, 0.29) is 12.1 Å². The minimum absolute atomic E-state index is 0.0151. The molecule has 0 saturated heterocycles. The third kappa shape index (κ3) is 2.78. The zero-order valence-electron chi connectivity index (χ0n) is 13.5. The molecule has 1 N–H and O–H groups in total. The van der Waals surface area contributed by atoms with Crippen LogP contribution in [0.2, 0.25) is 0 Å². The van der Waals surface area contributed by atoms with Crippen LogP contribution < -0.4 is 10.9 Å². The molecule has 0 aliphatic carbocycles. The quantitative estimate of drug-likeness (QED) is 0.585. The first-order valence-corrected chi connectivity index (χ1v) is 7.86. The van der Waals surface area contributed by atoms with Crippen LogP contribution in [-0.2, 0) is 6.54 Å². The molecule has 3 heterocycles. The number of pyridine rings is 1. The number of nitrogens with zero attached hydrogens (tertiary/aromatic N) is 2. The summed E-state index contributed by atoms with van der Waals surface area (Å²) in [4.78, 5) is 28.8. The molecule has 0 saturated carbocycles. The Labute approximate surface area is 142 Å². The van der Waals surface area contributed by atoms with Crippen LogP contribution in [0.5, 0.6) is 0 Å². The van der Waals surface area contributed by atoms with E-state index in [1.54, 1.807) is 24.3 Å². The van der Waals surface area contributed by atoms with Gasteiger partial charge in [0.25, 0.3) is 5.91 Å². The maximum atomic E-state index is 12.4. The lowest BCUT2D eigenvalue weighted by Crippen LogP contribution is -2.27. The van der Waals surface area contributed by atoms with Gasteiger partial charge in [-0.1, -0.05) is 24.3 Å². The minimum Gasteiger partial charge on any atom is -0.422 e. The summed E-state index contributed by atoms with van der Waals surface area (Å²) in [6.45, 7) is 2.21. The molecule has 1 amide bonds. The minimum atomic E-state index is -0.651. The first kappa shape index (κ1) is 15.1. The summed E-state index contributed by atoms with van der Waals surface area (Å²) in [6, 6.07) is 14.4. The lowest BCUT2D eigenvalue weighted by Gasteiger charge is -2.03. The molecule has 4 rings (SSSR count). The fourth-order valence-corrected chi connectivity index (χ4v) is 2.77. The first-order chi connectivity index (χ1) is 12.1. The van der Waals surface area contributed by atoms with Crippen molar-refractivity contribution in [3.05, 3.63) is 82.1 Å². The monoisotopic (exact) mass is 333 g/mol. The van der Waals surface area contributed by atoms with Gasteiger partial charge >= 0.3 is 5.63 Å². The van der Waals surface area contributed by atoms with E-state index < -0.39 is 11.5 Å².